The van der Waals surface area contributed by atoms with Crippen molar-refractivity contribution in [3.8, 4) is 5.88 Å². The summed E-state index contributed by atoms with van der Waals surface area (Å²) in [6.45, 7) is 3.99. The monoisotopic (exact) mass is 345 g/mol. The summed E-state index contributed by atoms with van der Waals surface area (Å²) in [5, 5.41) is 0.563. The number of aromatic nitrogens is 2. The maximum Gasteiger partial charge on any atom is 0.423 e. The van der Waals surface area contributed by atoms with Gasteiger partial charge in [0, 0.05) is 23.5 Å². The molecule has 1 aromatic carbocycles. The molecule has 0 amide bonds. The standard InChI is InChI=1S/C15H15ClF3N3O/c1-3-22(11-7-5-10(16)6-8-11)14-20-9-12(15(17,18)19)13(21-14)23-4-2/h5-9H,3-4H2,1-2H3. The van der Waals surface area contributed by atoms with E-state index in [2.05, 4.69) is 9.97 Å². The number of rotatable bonds is 5. The maximum absolute atomic E-state index is 13.0. The fourth-order valence-corrected chi connectivity index (χ4v) is 2.12. The first-order valence-electron chi connectivity index (χ1n) is 6.97. The fourth-order valence-electron chi connectivity index (χ4n) is 1.99. The molecule has 0 spiro atoms. The van der Waals surface area contributed by atoms with Crippen LogP contribution in [-0.2, 0) is 6.18 Å². The van der Waals surface area contributed by atoms with Gasteiger partial charge in [-0.25, -0.2) is 4.98 Å². The van der Waals surface area contributed by atoms with E-state index in [1.54, 1.807) is 36.1 Å². The van der Waals surface area contributed by atoms with Crippen LogP contribution in [0.5, 0.6) is 5.88 Å². The Kier molecular flexibility index (Phi) is 5.30. The molecule has 124 valence electrons. The Hall–Kier alpha value is -2.02. The molecule has 0 fully saturated rings. The van der Waals surface area contributed by atoms with Crippen LogP contribution in [-0.4, -0.2) is 23.1 Å². The van der Waals surface area contributed by atoms with Crippen molar-refractivity contribution in [2.24, 2.45) is 0 Å². The minimum Gasteiger partial charge on any atom is -0.477 e. The van der Waals surface area contributed by atoms with Gasteiger partial charge < -0.3 is 9.64 Å². The summed E-state index contributed by atoms with van der Waals surface area (Å²) in [6.07, 6.45) is -3.83. The summed E-state index contributed by atoms with van der Waals surface area (Å²) in [4.78, 5) is 9.44. The van der Waals surface area contributed by atoms with Gasteiger partial charge in [0.05, 0.1) is 6.61 Å². The summed E-state index contributed by atoms with van der Waals surface area (Å²) in [7, 11) is 0. The maximum atomic E-state index is 13.0. The molecule has 0 aliphatic heterocycles. The van der Waals surface area contributed by atoms with E-state index in [0.29, 0.717) is 11.6 Å². The molecule has 0 atom stereocenters. The van der Waals surface area contributed by atoms with Crippen molar-refractivity contribution in [3.63, 3.8) is 0 Å². The zero-order valence-corrected chi connectivity index (χ0v) is 13.3. The van der Waals surface area contributed by atoms with Crippen molar-refractivity contribution in [2.45, 2.75) is 20.0 Å². The number of alkyl halides is 3. The molecule has 0 unspecified atom stereocenters. The normalized spacial score (nSPS) is 11.4. The van der Waals surface area contributed by atoms with Gasteiger partial charge in [0.2, 0.25) is 11.8 Å². The molecule has 23 heavy (non-hydrogen) atoms. The van der Waals surface area contributed by atoms with Crippen molar-refractivity contribution < 1.29 is 17.9 Å². The Labute approximate surface area is 136 Å². The van der Waals surface area contributed by atoms with E-state index in [4.69, 9.17) is 16.3 Å². The molecule has 2 aromatic rings. The second kappa shape index (κ2) is 7.04. The lowest BCUT2D eigenvalue weighted by Crippen LogP contribution is -2.20. The molecule has 2 rings (SSSR count). The topological polar surface area (TPSA) is 38.2 Å². The van der Waals surface area contributed by atoms with Crippen LogP contribution in [0, 0.1) is 0 Å². The van der Waals surface area contributed by atoms with Crippen molar-refractivity contribution >= 4 is 23.2 Å². The lowest BCUT2D eigenvalue weighted by molar-refractivity contribution is -0.139. The zero-order valence-electron chi connectivity index (χ0n) is 12.6. The van der Waals surface area contributed by atoms with Gasteiger partial charge in [-0.3, -0.25) is 0 Å². The molecule has 1 heterocycles. The van der Waals surface area contributed by atoms with Crippen LogP contribution in [0.25, 0.3) is 0 Å². The van der Waals surface area contributed by atoms with Crippen molar-refractivity contribution in [1.29, 1.82) is 0 Å². The molecule has 0 aliphatic carbocycles. The highest BCUT2D eigenvalue weighted by atomic mass is 35.5. The highest BCUT2D eigenvalue weighted by Crippen LogP contribution is 2.36. The van der Waals surface area contributed by atoms with E-state index in [9.17, 15) is 13.2 Å². The van der Waals surface area contributed by atoms with E-state index in [1.165, 1.54) is 0 Å². The van der Waals surface area contributed by atoms with Gasteiger partial charge in [0.25, 0.3) is 0 Å². The minimum atomic E-state index is -4.57. The number of anilines is 2. The summed E-state index contributed by atoms with van der Waals surface area (Å²) >= 11 is 5.85. The Morgan fingerprint density at radius 1 is 1.17 bits per heavy atom. The minimum absolute atomic E-state index is 0.0760. The van der Waals surface area contributed by atoms with Gasteiger partial charge in [-0.1, -0.05) is 11.6 Å². The number of ether oxygens (including phenoxy) is 1. The van der Waals surface area contributed by atoms with Crippen molar-refractivity contribution in [3.05, 3.63) is 41.0 Å². The van der Waals surface area contributed by atoms with Crippen molar-refractivity contribution in [1.82, 2.24) is 9.97 Å². The van der Waals surface area contributed by atoms with Gasteiger partial charge in [0.15, 0.2) is 0 Å². The van der Waals surface area contributed by atoms with Crippen LogP contribution in [0.4, 0.5) is 24.8 Å². The van der Waals surface area contributed by atoms with Crippen LogP contribution in [0.15, 0.2) is 30.5 Å². The third-order valence-corrected chi connectivity index (χ3v) is 3.28. The van der Waals surface area contributed by atoms with Gasteiger partial charge in [0.1, 0.15) is 5.56 Å². The first kappa shape index (κ1) is 17.3. The SMILES string of the molecule is CCOc1nc(N(CC)c2ccc(Cl)cc2)ncc1C(F)(F)F. The van der Waals surface area contributed by atoms with Gasteiger partial charge in [-0.15, -0.1) is 0 Å². The molecule has 1 aromatic heterocycles. The Morgan fingerprint density at radius 3 is 2.35 bits per heavy atom. The first-order valence-corrected chi connectivity index (χ1v) is 7.34. The van der Waals surface area contributed by atoms with Gasteiger partial charge in [-0.2, -0.15) is 18.2 Å². The quantitative estimate of drug-likeness (QED) is 0.787. The largest absolute Gasteiger partial charge is 0.477 e. The van der Waals surface area contributed by atoms with Crippen molar-refractivity contribution in [2.75, 3.05) is 18.1 Å². The highest BCUT2D eigenvalue weighted by Gasteiger charge is 2.36. The zero-order chi connectivity index (χ0) is 17.0. The first-order chi connectivity index (χ1) is 10.9. The molecule has 0 aliphatic rings. The van der Waals surface area contributed by atoms with E-state index >= 15 is 0 Å². The number of hydrogen-bond donors (Lipinski definition) is 0. The van der Waals surface area contributed by atoms with Crippen LogP contribution in [0.3, 0.4) is 0 Å². The van der Waals surface area contributed by atoms with Gasteiger partial charge >= 0.3 is 6.18 Å². The highest BCUT2D eigenvalue weighted by molar-refractivity contribution is 6.30. The Bertz CT molecular complexity index is 662. The van der Waals surface area contributed by atoms with Crippen LogP contribution in [0.1, 0.15) is 19.4 Å². The molecule has 4 nitrogen and oxygen atoms in total. The van der Waals surface area contributed by atoms with E-state index in [-0.39, 0.29) is 12.6 Å². The van der Waals surface area contributed by atoms with Crippen LogP contribution < -0.4 is 9.64 Å². The molecular weight excluding hydrogens is 331 g/mol. The molecule has 0 N–H and O–H groups in total. The molecule has 0 bridgehead atoms. The third kappa shape index (κ3) is 4.04. The lowest BCUT2D eigenvalue weighted by atomic mass is 10.3. The number of halogens is 4. The van der Waals surface area contributed by atoms with E-state index < -0.39 is 17.6 Å². The Balaban J connectivity index is 2.45. The summed E-state index contributed by atoms with van der Waals surface area (Å²) in [6, 6.07) is 6.86. The number of benzene rings is 1. The molecule has 0 saturated carbocycles. The number of nitrogens with zero attached hydrogens (tertiary/aromatic N) is 3. The third-order valence-electron chi connectivity index (χ3n) is 3.02. The molecule has 0 radical (unpaired) electrons. The Morgan fingerprint density at radius 2 is 1.83 bits per heavy atom. The summed E-state index contributed by atoms with van der Waals surface area (Å²) < 4.78 is 43.9. The average molecular weight is 346 g/mol. The van der Waals surface area contributed by atoms with Crippen LogP contribution in [0.2, 0.25) is 5.02 Å². The average Bonchev–Trinajstić information content (AvgIpc) is 2.49. The lowest BCUT2D eigenvalue weighted by Gasteiger charge is -2.22. The molecule has 8 heteroatoms. The fraction of sp³-hybridized carbons (Fsp3) is 0.333. The van der Waals surface area contributed by atoms with Crippen LogP contribution >= 0.6 is 11.6 Å². The number of hydrogen-bond acceptors (Lipinski definition) is 4. The summed E-state index contributed by atoms with van der Waals surface area (Å²) in [5.74, 6) is -0.344. The molecule has 0 saturated heterocycles. The summed E-state index contributed by atoms with van der Waals surface area (Å²) in [5.41, 5.74) is -0.269. The molecular formula is C15H15ClF3N3O. The smallest absolute Gasteiger partial charge is 0.423 e. The van der Waals surface area contributed by atoms with E-state index in [0.717, 1.165) is 11.9 Å². The van der Waals surface area contributed by atoms with Gasteiger partial charge in [-0.05, 0) is 38.1 Å². The predicted molar refractivity (Wildman–Crippen MR) is 82.3 cm³/mol. The van der Waals surface area contributed by atoms with E-state index in [1.807, 2.05) is 6.92 Å². The predicted octanol–water partition coefficient (Wildman–Crippen LogP) is 4.71. The second-order valence-electron chi connectivity index (χ2n) is 4.54. The second-order valence-corrected chi connectivity index (χ2v) is 4.98.